The molecule has 1 aliphatic heterocycles. The van der Waals surface area contributed by atoms with Gasteiger partial charge in [-0.2, -0.15) is 0 Å². The van der Waals surface area contributed by atoms with Crippen LogP contribution in [0.4, 0.5) is 4.39 Å². The maximum atomic E-state index is 13.3. The smallest absolute Gasteiger partial charge is 0.238 e. The summed E-state index contributed by atoms with van der Waals surface area (Å²) >= 11 is 5.78. The zero-order valence-electron chi connectivity index (χ0n) is 13.4. The standard InChI is InChI=1S/C17H18ClFN2O3S/c18-15-10-13(3-5-16(15)19)24-17-6-4-14(25(20,22)23)9-12(17)11-21-7-1-2-8-21/h3-6,9-10H,1-2,7-8,11H2,(H2,20,22,23). The van der Waals surface area contributed by atoms with Gasteiger partial charge < -0.3 is 4.74 Å². The van der Waals surface area contributed by atoms with E-state index in [1.54, 1.807) is 6.07 Å². The third kappa shape index (κ3) is 4.49. The van der Waals surface area contributed by atoms with Crippen molar-refractivity contribution < 1.29 is 17.5 Å². The molecule has 0 bridgehead atoms. The Hall–Kier alpha value is -1.67. The minimum absolute atomic E-state index is 0.0335. The maximum Gasteiger partial charge on any atom is 0.238 e. The van der Waals surface area contributed by atoms with Gasteiger partial charge >= 0.3 is 0 Å². The van der Waals surface area contributed by atoms with Gasteiger partial charge in [0.25, 0.3) is 0 Å². The van der Waals surface area contributed by atoms with E-state index in [0.29, 0.717) is 23.6 Å². The van der Waals surface area contributed by atoms with Crippen LogP contribution in [0.15, 0.2) is 41.3 Å². The normalized spacial score (nSPS) is 15.5. The third-order valence-corrected chi connectivity index (χ3v) is 5.27. The Morgan fingerprint density at radius 1 is 1.16 bits per heavy atom. The number of benzene rings is 2. The summed E-state index contributed by atoms with van der Waals surface area (Å²) in [5, 5.41) is 5.19. The monoisotopic (exact) mass is 384 g/mol. The highest BCUT2D eigenvalue weighted by Gasteiger charge is 2.18. The molecule has 0 unspecified atom stereocenters. The van der Waals surface area contributed by atoms with Crippen LogP contribution in [0.5, 0.6) is 11.5 Å². The lowest BCUT2D eigenvalue weighted by Crippen LogP contribution is -2.19. The third-order valence-electron chi connectivity index (χ3n) is 4.07. The molecule has 0 aromatic heterocycles. The average Bonchev–Trinajstić information content (AvgIpc) is 3.04. The molecule has 5 nitrogen and oxygen atoms in total. The number of sulfonamides is 1. The van der Waals surface area contributed by atoms with Gasteiger partial charge in [-0.05, 0) is 56.3 Å². The Bertz CT molecular complexity index is 883. The van der Waals surface area contributed by atoms with Crippen LogP contribution in [0.2, 0.25) is 5.02 Å². The minimum Gasteiger partial charge on any atom is -0.457 e. The van der Waals surface area contributed by atoms with Gasteiger partial charge in [0.1, 0.15) is 17.3 Å². The summed E-state index contributed by atoms with van der Waals surface area (Å²) in [7, 11) is -3.81. The molecule has 0 amide bonds. The van der Waals surface area contributed by atoms with Gasteiger partial charge in [0.15, 0.2) is 0 Å². The molecule has 3 rings (SSSR count). The second-order valence-electron chi connectivity index (χ2n) is 5.98. The Labute approximate surface area is 151 Å². The fraction of sp³-hybridized carbons (Fsp3) is 0.294. The number of likely N-dealkylation sites (tertiary alicyclic amines) is 1. The van der Waals surface area contributed by atoms with Crippen molar-refractivity contribution in [2.45, 2.75) is 24.3 Å². The number of nitrogens with zero attached hydrogens (tertiary/aromatic N) is 1. The van der Waals surface area contributed by atoms with E-state index in [2.05, 4.69) is 4.90 Å². The second kappa shape index (κ2) is 7.29. The minimum atomic E-state index is -3.81. The molecule has 2 aromatic carbocycles. The molecule has 0 saturated carbocycles. The number of halogens is 2. The predicted molar refractivity (Wildman–Crippen MR) is 93.8 cm³/mol. The van der Waals surface area contributed by atoms with Crippen LogP contribution in [-0.2, 0) is 16.6 Å². The summed E-state index contributed by atoms with van der Waals surface area (Å²) in [6.07, 6.45) is 2.22. The summed E-state index contributed by atoms with van der Waals surface area (Å²) < 4.78 is 42.4. The first-order chi connectivity index (χ1) is 11.8. The van der Waals surface area contributed by atoms with E-state index in [4.69, 9.17) is 21.5 Å². The number of hydrogen-bond donors (Lipinski definition) is 1. The lowest BCUT2D eigenvalue weighted by atomic mass is 10.2. The molecule has 134 valence electrons. The molecule has 1 fully saturated rings. The van der Waals surface area contributed by atoms with Crippen LogP contribution in [0, 0.1) is 5.82 Å². The average molecular weight is 385 g/mol. The van der Waals surface area contributed by atoms with Gasteiger partial charge in [-0.1, -0.05) is 11.6 Å². The van der Waals surface area contributed by atoms with Crippen LogP contribution < -0.4 is 9.88 Å². The zero-order chi connectivity index (χ0) is 18.0. The Morgan fingerprint density at radius 3 is 2.52 bits per heavy atom. The van der Waals surface area contributed by atoms with Crippen molar-refractivity contribution in [1.82, 2.24) is 4.90 Å². The summed E-state index contributed by atoms with van der Waals surface area (Å²) in [4.78, 5) is 2.25. The molecular formula is C17H18ClFN2O3S. The summed E-state index contributed by atoms with van der Waals surface area (Å²) in [6, 6.07) is 8.54. The van der Waals surface area contributed by atoms with Gasteiger partial charge in [0, 0.05) is 18.2 Å². The Kier molecular flexibility index (Phi) is 5.29. The molecule has 2 N–H and O–H groups in total. The van der Waals surface area contributed by atoms with Crippen LogP contribution in [0.3, 0.4) is 0 Å². The highest BCUT2D eigenvalue weighted by molar-refractivity contribution is 7.89. The first-order valence-corrected chi connectivity index (χ1v) is 9.76. The first-order valence-electron chi connectivity index (χ1n) is 7.84. The maximum absolute atomic E-state index is 13.3. The van der Waals surface area contributed by atoms with Gasteiger partial charge in [0.05, 0.1) is 9.92 Å². The molecular weight excluding hydrogens is 367 g/mol. The molecule has 2 aromatic rings. The number of rotatable bonds is 5. The van der Waals surface area contributed by atoms with E-state index < -0.39 is 15.8 Å². The van der Waals surface area contributed by atoms with Crippen molar-refractivity contribution >= 4 is 21.6 Å². The quantitative estimate of drug-likeness (QED) is 0.856. The van der Waals surface area contributed by atoms with Crippen LogP contribution in [0.25, 0.3) is 0 Å². The highest BCUT2D eigenvalue weighted by atomic mass is 35.5. The van der Waals surface area contributed by atoms with Gasteiger partial charge in [-0.3, -0.25) is 4.90 Å². The summed E-state index contributed by atoms with van der Waals surface area (Å²) in [5.74, 6) is 0.329. The van der Waals surface area contributed by atoms with E-state index in [1.165, 1.54) is 30.3 Å². The number of primary sulfonamides is 1. The molecule has 0 radical (unpaired) electrons. The van der Waals surface area contributed by atoms with Gasteiger partial charge in [-0.15, -0.1) is 0 Å². The van der Waals surface area contributed by atoms with Gasteiger partial charge in [-0.25, -0.2) is 17.9 Å². The molecule has 25 heavy (non-hydrogen) atoms. The largest absolute Gasteiger partial charge is 0.457 e. The number of ether oxygens (including phenoxy) is 1. The van der Waals surface area contributed by atoms with E-state index in [1.807, 2.05) is 0 Å². The lowest BCUT2D eigenvalue weighted by Gasteiger charge is -2.18. The fourth-order valence-corrected chi connectivity index (χ4v) is 3.54. The molecule has 8 heteroatoms. The van der Waals surface area contributed by atoms with Crippen molar-refractivity contribution in [3.63, 3.8) is 0 Å². The van der Waals surface area contributed by atoms with Crippen molar-refractivity contribution in [2.24, 2.45) is 5.14 Å². The highest BCUT2D eigenvalue weighted by Crippen LogP contribution is 2.31. The molecule has 0 aliphatic carbocycles. The SMILES string of the molecule is NS(=O)(=O)c1ccc(Oc2ccc(F)c(Cl)c2)c(CN2CCCC2)c1. The topological polar surface area (TPSA) is 72.6 Å². The second-order valence-corrected chi connectivity index (χ2v) is 7.94. The Balaban J connectivity index is 1.94. The van der Waals surface area contributed by atoms with Crippen molar-refractivity contribution in [1.29, 1.82) is 0 Å². The van der Waals surface area contributed by atoms with Crippen molar-refractivity contribution in [3.8, 4) is 11.5 Å². The predicted octanol–water partition coefficient (Wildman–Crippen LogP) is 3.51. The fourth-order valence-electron chi connectivity index (χ4n) is 2.80. The lowest BCUT2D eigenvalue weighted by molar-refractivity contribution is 0.325. The molecule has 1 heterocycles. The summed E-state index contributed by atoms with van der Waals surface area (Å²) in [5.41, 5.74) is 0.703. The number of nitrogens with two attached hydrogens (primary N) is 1. The summed E-state index contributed by atoms with van der Waals surface area (Å²) in [6.45, 7) is 2.44. The molecule has 0 spiro atoms. The van der Waals surface area contributed by atoms with E-state index in [0.717, 1.165) is 25.9 Å². The van der Waals surface area contributed by atoms with E-state index >= 15 is 0 Å². The zero-order valence-corrected chi connectivity index (χ0v) is 15.0. The van der Waals surface area contributed by atoms with Crippen LogP contribution in [-0.4, -0.2) is 26.4 Å². The Morgan fingerprint density at radius 2 is 1.88 bits per heavy atom. The number of hydrogen-bond acceptors (Lipinski definition) is 4. The molecule has 1 saturated heterocycles. The van der Waals surface area contributed by atoms with Crippen LogP contribution in [0.1, 0.15) is 18.4 Å². The first kappa shape index (κ1) is 18.1. The molecule has 0 atom stereocenters. The van der Waals surface area contributed by atoms with Crippen molar-refractivity contribution in [3.05, 3.63) is 52.8 Å². The van der Waals surface area contributed by atoms with E-state index in [-0.39, 0.29) is 9.92 Å². The van der Waals surface area contributed by atoms with Gasteiger partial charge in [0.2, 0.25) is 10.0 Å². The van der Waals surface area contributed by atoms with Crippen LogP contribution >= 0.6 is 11.6 Å². The molecule has 1 aliphatic rings. The van der Waals surface area contributed by atoms with Crippen molar-refractivity contribution in [2.75, 3.05) is 13.1 Å². The van der Waals surface area contributed by atoms with E-state index in [9.17, 15) is 12.8 Å².